The van der Waals surface area contributed by atoms with Crippen molar-refractivity contribution in [3.8, 4) is 0 Å². The third-order valence-electron chi connectivity index (χ3n) is 4.44. The lowest BCUT2D eigenvalue weighted by molar-refractivity contribution is 0.278. The van der Waals surface area contributed by atoms with Gasteiger partial charge in [0.05, 0.1) is 5.69 Å². The van der Waals surface area contributed by atoms with Crippen LogP contribution in [0.25, 0.3) is 0 Å². The average Bonchev–Trinajstić information content (AvgIpc) is 2.45. The molecule has 118 valence electrons. The highest BCUT2D eigenvalue weighted by Gasteiger charge is 2.21. The third-order valence-corrected chi connectivity index (χ3v) is 5.39. The molecule has 2 rings (SSSR count). The van der Waals surface area contributed by atoms with Crippen molar-refractivity contribution < 1.29 is 8.42 Å². The first-order valence-corrected chi connectivity index (χ1v) is 9.11. The molecule has 0 saturated heterocycles. The second kappa shape index (κ2) is 6.66. The zero-order valence-electron chi connectivity index (χ0n) is 12.5. The second-order valence-electron chi connectivity index (χ2n) is 5.98. The number of nitrogen functional groups attached to an aromatic ring is 1. The molecule has 0 aromatic heterocycles. The van der Waals surface area contributed by atoms with E-state index in [1.807, 2.05) is 0 Å². The number of primary sulfonamides is 1. The molecule has 0 radical (unpaired) electrons. The Balaban J connectivity index is 2.01. The van der Waals surface area contributed by atoms with Gasteiger partial charge >= 0.3 is 0 Å². The van der Waals surface area contributed by atoms with Crippen molar-refractivity contribution >= 4 is 21.4 Å². The Morgan fingerprint density at radius 1 is 1.19 bits per heavy atom. The molecule has 21 heavy (non-hydrogen) atoms. The van der Waals surface area contributed by atoms with E-state index in [0.717, 1.165) is 12.5 Å². The van der Waals surface area contributed by atoms with Crippen LogP contribution in [0.3, 0.4) is 0 Å². The van der Waals surface area contributed by atoms with Gasteiger partial charge in [-0.05, 0) is 42.9 Å². The molecule has 0 atom stereocenters. The Hall–Kier alpha value is -1.27. The highest BCUT2D eigenvalue weighted by atomic mass is 32.2. The van der Waals surface area contributed by atoms with E-state index in [4.69, 9.17) is 10.9 Å². The molecule has 0 unspecified atom stereocenters. The van der Waals surface area contributed by atoms with Crippen LogP contribution in [0.2, 0.25) is 0 Å². The van der Waals surface area contributed by atoms with Gasteiger partial charge in [-0.25, -0.2) is 13.6 Å². The lowest BCUT2D eigenvalue weighted by atomic mass is 9.81. The molecule has 1 aliphatic carbocycles. The Bertz CT molecular complexity index is 579. The van der Waals surface area contributed by atoms with E-state index in [9.17, 15) is 8.42 Å². The van der Waals surface area contributed by atoms with Crippen LogP contribution in [0.1, 0.15) is 39.0 Å². The van der Waals surface area contributed by atoms with E-state index in [1.54, 1.807) is 12.1 Å². The monoisotopic (exact) mass is 311 g/mol. The van der Waals surface area contributed by atoms with Gasteiger partial charge in [0.2, 0.25) is 10.0 Å². The second-order valence-corrected chi connectivity index (χ2v) is 7.51. The number of hydrogen-bond acceptors (Lipinski definition) is 4. The van der Waals surface area contributed by atoms with E-state index in [2.05, 4.69) is 12.2 Å². The molecule has 1 saturated carbocycles. The number of nitrogens with two attached hydrogens (primary N) is 2. The molecule has 1 aliphatic rings. The molecule has 0 spiro atoms. The van der Waals surface area contributed by atoms with Crippen LogP contribution in [0, 0.1) is 11.8 Å². The summed E-state index contributed by atoms with van der Waals surface area (Å²) >= 11 is 0. The van der Waals surface area contributed by atoms with E-state index in [-0.39, 0.29) is 4.90 Å². The predicted molar refractivity (Wildman–Crippen MR) is 86.5 cm³/mol. The smallest absolute Gasteiger partial charge is 0.240 e. The summed E-state index contributed by atoms with van der Waals surface area (Å²) < 4.78 is 23.2. The molecule has 1 aromatic rings. The standard InChI is InChI=1S/C15H25N3O2S/c1-2-11-3-5-12(6-4-11)10-18-14-8-7-13(16)9-15(14)21(17,19)20/h7-9,11-12,18H,2-6,10,16H2,1H3,(H2,17,19,20). The lowest BCUT2D eigenvalue weighted by Gasteiger charge is -2.28. The largest absolute Gasteiger partial charge is 0.399 e. The molecular formula is C15H25N3O2S. The predicted octanol–water partition coefficient (Wildman–Crippen LogP) is 2.54. The van der Waals surface area contributed by atoms with E-state index in [1.165, 1.54) is 38.2 Å². The van der Waals surface area contributed by atoms with Gasteiger partial charge in [-0.1, -0.05) is 26.2 Å². The summed E-state index contributed by atoms with van der Waals surface area (Å²) in [4.78, 5) is 0.0738. The minimum atomic E-state index is -3.76. The van der Waals surface area contributed by atoms with Gasteiger partial charge in [-0.2, -0.15) is 0 Å². The highest BCUT2D eigenvalue weighted by molar-refractivity contribution is 7.89. The van der Waals surface area contributed by atoms with Crippen molar-refractivity contribution in [3.63, 3.8) is 0 Å². The van der Waals surface area contributed by atoms with E-state index in [0.29, 0.717) is 17.3 Å². The Morgan fingerprint density at radius 3 is 2.38 bits per heavy atom. The first kappa shape index (κ1) is 16.1. The van der Waals surface area contributed by atoms with Crippen LogP contribution in [0.15, 0.2) is 23.1 Å². The molecule has 0 amide bonds. The molecule has 1 fully saturated rings. The fraction of sp³-hybridized carbons (Fsp3) is 0.600. The first-order valence-electron chi connectivity index (χ1n) is 7.56. The number of sulfonamides is 1. The molecule has 1 aromatic carbocycles. The van der Waals surface area contributed by atoms with Crippen molar-refractivity contribution in [2.75, 3.05) is 17.6 Å². The van der Waals surface area contributed by atoms with Crippen molar-refractivity contribution in [3.05, 3.63) is 18.2 Å². The molecule has 0 heterocycles. The topological polar surface area (TPSA) is 98.2 Å². The van der Waals surface area contributed by atoms with Gasteiger partial charge in [0.1, 0.15) is 4.90 Å². The summed E-state index contributed by atoms with van der Waals surface area (Å²) in [7, 11) is -3.76. The Labute approximate surface area is 127 Å². The summed E-state index contributed by atoms with van der Waals surface area (Å²) in [6, 6.07) is 4.78. The zero-order chi connectivity index (χ0) is 15.5. The van der Waals surface area contributed by atoms with Crippen molar-refractivity contribution in [1.82, 2.24) is 0 Å². The zero-order valence-corrected chi connectivity index (χ0v) is 13.3. The summed E-state index contributed by atoms with van der Waals surface area (Å²) in [5.74, 6) is 1.46. The SMILES string of the molecule is CCC1CCC(CNc2ccc(N)cc2S(N)(=O)=O)CC1. The van der Waals surface area contributed by atoms with E-state index >= 15 is 0 Å². The normalized spacial score (nSPS) is 23.0. The van der Waals surface area contributed by atoms with Crippen molar-refractivity contribution in [1.29, 1.82) is 0 Å². The number of hydrogen-bond donors (Lipinski definition) is 3. The van der Waals surface area contributed by atoms with Crippen LogP contribution in [0.5, 0.6) is 0 Å². The van der Waals surface area contributed by atoms with Gasteiger partial charge in [0.15, 0.2) is 0 Å². The minimum Gasteiger partial charge on any atom is -0.399 e. The minimum absolute atomic E-state index is 0.0738. The summed E-state index contributed by atoms with van der Waals surface area (Å²) in [5, 5.41) is 8.48. The van der Waals surface area contributed by atoms with Crippen molar-refractivity contribution in [2.24, 2.45) is 17.0 Å². The van der Waals surface area contributed by atoms with Gasteiger partial charge in [0, 0.05) is 12.2 Å². The fourth-order valence-corrected chi connectivity index (χ4v) is 3.77. The van der Waals surface area contributed by atoms with Crippen molar-refractivity contribution in [2.45, 2.75) is 43.9 Å². The first-order chi connectivity index (χ1) is 9.90. The molecule has 5 N–H and O–H groups in total. The quantitative estimate of drug-likeness (QED) is 0.728. The number of benzene rings is 1. The molecular weight excluding hydrogens is 286 g/mol. The summed E-state index contributed by atoms with van der Waals surface area (Å²) in [6.07, 6.45) is 6.20. The number of nitrogens with one attached hydrogen (secondary N) is 1. The fourth-order valence-electron chi connectivity index (χ4n) is 3.02. The maximum Gasteiger partial charge on any atom is 0.240 e. The number of rotatable bonds is 5. The Kier molecular flexibility index (Phi) is 5.11. The number of anilines is 2. The maximum atomic E-state index is 11.6. The summed E-state index contributed by atoms with van der Waals surface area (Å²) in [5.41, 5.74) is 6.59. The molecule has 6 heteroatoms. The van der Waals surface area contributed by atoms with E-state index < -0.39 is 10.0 Å². The Morgan fingerprint density at radius 2 is 1.81 bits per heavy atom. The van der Waals surface area contributed by atoms with Crippen LogP contribution >= 0.6 is 0 Å². The molecule has 0 aliphatic heterocycles. The van der Waals surface area contributed by atoms with Gasteiger partial charge < -0.3 is 11.1 Å². The summed E-state index contributed by atoms with van der Waals surface area (Å²) in [6.45, 7) is 3.03. The molecule has 5 nitrogen and oxygen atoms in total. The van der Waals surface area contributed by atoms with Gasteiger partial charge in [-0.15, -0.1) is 0 Å². The third kappa shape index (κ3) is 4.35. The van der Waals surface area contributed by atoms with Crippen LogP contribution in [-0.2, 0) is 10.0 Å². The van der Waals surface area contributed by atoms with Gasteiger partial charge in [-0.3, -0.25) is 0 Å². The van der Waals surface area contributed by atoms with Gasteiger partial charge in [0.25, 0.3) is 0 Å². The van der Waals surface area contributed by atoms with Crippen LogP contribution in [0.4, 0.5) is 11.4 Å². The lowest BCUT2D eigenvalue weighted by Crippen LogP contribution is -2.22. The average molecular weight is 311 g/mol. The highest BCUT2D eigenvalue weighted by Crippen LogP contribution is 2.31. The maximum absolute atomic E-state index is 11.6. The van der Waals surface area contributed by atoms with Crippen LogP contribution < -0.4 is 16.2 Å². The van der Waals surface area contributed by atoms with Crippen LogP contribution in [-0.4, -0.2) is 15.0 Å². The molecule has 0 bridgehead atoms.